The lowest BCUT2D eigenvalue weighted by Crippen LogP contribution is -2.32. The third kappa shape index (κ3) is 4.60. The number of rotatable bonds is 5. The van der Waals surface area contributed by atoms with Crippen molar-refractivity contribution >= 4 is 23.7 Å². The monoisotopic (exact) mass is 355 g/mol. The van der Waals surface area contributed by atoms with Gasteiger partial charge in [0, 0.05) is 11.3 Å². The summed E-state index contributed by atoms with van der Waals surface area (Å²) in [6.45, 7) is 3.80. The average Bonchev–Trinajstić information content (AvgIpc) is 2.65. The Morgan fingerprint density at radius 2 is 1.81 bits per heavy atom. The minimum absolute atomic E-state index is 0.559. The van der Waals surface area contributed by atoms with Gasteiger partial charge in [-0.2, -0.15) is 5.10 Å². The molecule has 7 heteroatoms. The van der Waals surface area contributed by atoms with E-state index in [1.54, 1.807) is 31.4 Å². The lowest BCUT2D eigenvalue weighted by Gasteiger charge is -2.09. The van der Waals surface area contributed by atoms with Crippen molar-refractivity contribution in [1.29, 1.82) is 0 Å². The first-order valence-electron chi connectivity index (χ1n) is 7.89. The van der Waals surface area contributed by atoms with Crippen LogP contribution in [0.3, 0.4) is 0 Å². The molecule has 7 nitrogen and oxygen atoms in total. The van der Waals surface area contributed by atoms with Gasteiger partial charge in [0.25, 0.3) is 0 Å². The largest absolute Gasteiger partial charge is 0.497 e. The van der Waals surface area contributed by atoms with E-state index in [0.29, 0.717) is 22.7 Å². The normalized spacial score (nSPS) is 10.5. The maximum absolute atomic E-state index is 12.0. The molecule has 0 aliphatic rings. The van der Waals surface area contributed by atoms with Crippen molar-refractivity contribution in [3.8, 4) is 11.5 Å². The highest BCUT2D eigenvalue weighted by atomic mass is 16.5. The van der Waals surface area contributed by atoms with Crippen molar-refractivity contribution in [1.82, 2.24) is 5.43 Å². The van der Waals surface area contributed by atoms with Gasteiger partial charge in [0.1, 0.15) is 11.5 Å². The number of carbonyl (C=O) groups excluding carboxylic acids is 2. The molecule has 0 aliphatic carbocycles. The average molecular weight is 355 g/mol. The van der Waals surface area contributed by atoms with Crippen molar-refractivity contribution in [3.05, 3.63) is 53.1 Å². The van der Waals surface area contributed by atoms with Gasteiger partial charge in [0.05, 0.1) is 20.4 Å². The number of aryl methyl sites for hydroxylation is 1. The summed E-state index contributed by atoms with van der Waals surface area (Å²) < 4.78 is 10.4. The number of anilines is 1. The van der Waals surface area contributed by atoms with Gasteiger partial charge in [-0.1, -0.05) is 12.1 Å². The fourth-order valence-electron chi connectivity index (χ4n) is 2.22. The number of benzene rings is 2. The Bertz CT molecular complexity index is 847. The predicted octanol–water partition coefficient (Wildman–Crippen LogP) is 2.41. The highest BCUT2D eigenvalue weighted by Crippen LogP contribution is 2.22. The van der Waals surface area contributed by atoms with Crippen LogP contribution in [0.15, 0.2) is 41.5 Å². The Morgan fingerprint density at radius 1 is 1.04 bits per heavy atom. The molecule has 2 amide bonds. The highest BCUT2D eigenvalue weighted by Gasteiger charge is 2.14. The summed E-state index contributed by atoms with van der Waals surface area (Å²) in [4.78, 5) is 23.9. The van der Waals surface area contributed by atoms with Crippen LogP contribution in [-0.2, 0) is 9.59 Å². The van der Waals surface area contributed by atoms with E-state index in [2.05, 4.69) is 15.8 Å². The number of hydrogen-bond donors (Lipinski definition) is 2. The molecule has 0 atom stereocenters. The van der Waals surface area contributed by atoms with E-state index in [1.807, 2.05) is 26.0 Å². The summed E-state index contributed by atoms with van der Waals surface area (Å²) in [7, 11) is 3.07. The fraction of sp³-hybridized carbons (Fsp3) is 0.211. The van der Waals surface area contributed by atoms with Crippen molar-refractivity contribution < 1.29 is 19.1 Å². The van der Waals surface area contributed by atoms with E-state index in [-0.39, 0.29) is 0 Å². The first-order chi connectivity index (χ1) is 12.5. The van der Waals surface area contributed by atoms with Gasteiger partial charge in [-0.3, -0.25) is 9.59 Å². The van der Waals surface area contributed by atoms with E-state index in [4.69, 9.17) is 9.47 Å². The topological polar surface area (TPSA) is 89.0 Å². The Hall–Kier alpha value is -3.35. The SMILES string of the molecule is COc1ccc(OC)c(/C=N/NC(=O)C(=O)Nc2cccc(C)c2C)c1. The van der Waals surface area contributed by atoms with Crippen LogP contribution in [0.4, 0.5) is 5.69 Å². The van der Waals surface area contributed by atoms with Crippen LogP contribution in [0.1, 0.15) is 16.7 Å². The third-order valence-corrected chi connectivity index (χ3v) is 3.87. The van der Waals surface area contributed by atoms with Gasteiger partial charge in [-0.15, -0.1) is 0 Å². The van der Waals surface area contributed by atoms with Crippen LogP contribution >= 0.6 is 0 Å². The third-order valence-electron chi connectivity index (χ3n) is 3.87. The number of nitrogens with one attached hydrogen (secondary N) is 2. The smallest absolute Gasteiger partial charge is 0.329 e. The lowest BCUT2D eigenvalue weighted by molar-refractivity contribution is -0.136. The molecule has 0 bridgehead atoms. The van der Waals surface area contributed by atoms with Gasteiger partial charge in [0.2, 0.25) is 0 Å². The molecule has 2 rings (SSSR count). The molecular formula is C19H21N3O4. The molecular weight excluding hydrogens is 334 g/mol. The first kappa shape index (κ1) is 19.0. The Labute approximate surface area is 152 Å². The zero-order chi connectivity index (χ0) is 19.1. The Balaban J connectivity index is 2.03. The summed E-state index contributed by atoms with van der Waals surface area (Å²) in [6, 6.07) is 10.6. The van der Waals surface area contributed by atoms with E-state index in [9.17, 15) is 9.59 Å². The van der Waals surface area contributed by atoms with E-state index < -0.39 is 11.8 Å². The second kappa shape index (κ2) is 8.66. The molecule has 2 aromatic carbocycles. The van der Waals surface area contributed by atoms with Crippen LogP contribution < -0.4 is 20.2 Å². The standard InChI is InChI=1S/C19H21N3O4/c1-12-6-5-7-16(13(12)2)21-18(23)19(24)22-20-11-14-10-15(25-3)8-9-17(14)26-4/h5-11H,1-4H3,(H,21,23)(H,22,24)/b20-11+. The molecule has 0 fully saturated rings. The summed E-state index contributed by atoms with van der Waals surface area (Å²) in [5.74, 6) is -0.493. The molecule has 0 saturated carbocycles. The van der Waals surface area contributed by atoms with Crippen molar-refractivity contribution in [2.24, 2.45) is 5.10 Å². The maximum atomic E-state index is 12.0. The minimum atomic E-state index is -0.871. The summed E-state index contributed by atoms with van der Waals surface area (Å²) in [5, 5.41) is 6.38. The number of hydrogen-bond acceptors (Lipinski definition) is 5. The van der Waals surface area contributed by atoms with Gasteiger partial charge in [-0.05, 0) is 49.2 Å². The molecule has 0 heterocycles. The zero-order valence-electron chi connectivity index (χ0n) is 15.1. The van der Waals surface area contributed by atoms with Crippen LogP contribution in [0.5, 0.6) is 11.5 Å². The minimum Gasteiger partial charge on any atom is -0.497 e. The maximum Gasteiger partial charge on any atom is 0.329 e. The van der Waals surface area contributed by atoms with Crippen LogP contribution in [0, 0.1) is 13.8 Å². The molecule has 26 heavy (non-hydrogen) atoms. The summed E-state index contributed by atoms with van der Waals surface area (Å²) in [6.07, 6.45) is 1.38. The molecule has 0 aromatic heterocycles. The molecule has 2 N–H and O–H groups in total. The summed E-state index contributed by atoms with van der Waals surface area (Å²) in [5.41, 5.74) is 5.30. The Morgan fingerprint density at radius 3 is 2.50 bits per heavy atom. The zero-order valence-corrected chi connectivity index (χ0v) is 15.1. The second-order valence-electron chi connectivity index (χ2n) is 5.51. The van der Waals surface area contributed by atoms with E-state index in [1.165, 1.54) is 13.3 Å². The number of carbonyl (C=O) groups is 2. The molecule has 0 aliphatic heterocycles. The molecule has 136 valence electrons. The van der Waals surface area contributed by atoms with Crippen LogP contribution in [0.2, 0.25) is 0 Å². The predicted molar refractivity (Wildman–Crippen MR) is 99.8 cm³/mol. The second-order valence-corrected chi connectivity index (χ2v) is 5.51. The van der Waals surface area contributed by atoms with Crippen molar-refractivity contribution in [3.63, 3.8) is 0 Å². The number of amides is 2. The van der Waals surface area contributed by atoms with E-state index >= 15 is 0 Å². The van der Waals surface area contributed by atoms with Gasteiger partial charge in [0.15, 0.2) is 0 Å². The van der Waals surface area contributed by atoms with Crippen molar-refractivity contribution in [2.75, 3.05) is 19.5 Å². The quantitative estimate of drug-likeness (QED) is 0.490. The van der Waals surface area contributed by atoms with Gasteiger partial charge in [-0.25, -0.2) is 5.43 Å². The first-order valence-corrected chi connectivity index (χ1v) is 7.89. The van der Waals surface area contributed by atoms with Crippen LogP contribution in [-0.4, -0.2) is 32.2 Å². The number of methoxy groups -OCH3 is 2. The van der Waals surface area contributed by atoms with Crippen molar-refractivity contribution in [2.45, 2.75) is 13.8 Å². The Kier molecular flexibility index (Phi) is 6.32. The van der Waals surface area contributed by atoms with Gasteiger partial charge < -0.3 is 14.8 Å². The lowest BCUT2D eigenvalue weighted by atomic mass is 10.1. The molecule has 0 spiro atoms. The van der Waals surface area contributed by atoms with Crippen LogP contribution in [0.25, 0.3) is 0 Å². The molecule has 2 aromatic rings. The number of nitrogens with zero attached hydrogens (tertiary/aromatic N) is 1. The van der Waals surface area contributed by atoms with Gasteiger partial charge >= 0.3 is 11.8 Å². The highest BCUT2D eigenvalue weighted by molar-refractivity contribution is 6.39. The number of hydrazone groups is 1. The van der Waals surface area contributed by atoms with E-state index in [0.717, 1.165) is 11.1 Å². The summed E-state index contributed by atoms with van der Waals surface area (Å²) >= 11 is 0. The fourth-order valence-corrected chi connectivity index (χ4v) is 2.22. The number of ether oxygens (including phenoxy) is 2. The molecule has 0 saturated heterocycles. The molecule has 0 unspecified atom stereocenters. The molecule has 0 radical (unpaired) electrons.